The first kappa shape index (κ1) is 14.9. The molecule has 5 nitrogen and oxygen atoms in total. The molecule has 0 bridgehead atoms. The molecule has 2 aliphatic rings. The minimum Gasteiger partial charge on any atom is -0.484 e. The van der Waals surface area contributed by atoms with Crippen LogP contribution >= 0.6 is 0 Å². The molecule has 116 valence electrons. The van der Waals surface area contributed by atoms with Crippen molar-refractivity contribution in [1.29, 1.82) is 5.26 Å². The van der Waals surface area contributed by atoms with Gasteiger partial charge in [-0.05, 0) is 37.0 Å². The van der Waals surface area contributed by atoms with Crippen molar-refractivity contribution in [1.82, 2.24) is 4.90 Å². The van der Waals surface area contributed by atoms with E-state index in [1.54, 1.807) is 12.1 Å². The lowest BCUT2D eigenvalue weighted by Gasteiger charge is -2.37. The molecule has 0 N–H and O–H groups in total. The van der Waals surface area contributed by atoms with Crippen LogP contribution in [0.3, 0.4) is 0 Å². The molecule has 0 radical (unpaired) electrons. The van der Waals surface area contributed by atoms with Crippen molar-refractivity contribution in [3.63, 3.8) is 0 Å². The van der Waals surface area contributed by atoms with Crippen molar-refractivity contribution in [2.24, 2.45) is 0 Å². The Morgan fingerprint density at radius 1 is 1.36 bits per heavy atom. The Labute approximate surface area is 130 Å². The number of hydrogen-bond acceptors (Lipinski definition) is 4. The highest BCUT2D eigenvalue weighted by Crippen LogP contribution is 2.29. The molecular weight excluding hydrogens is 280 g/mol. The van der Waals surface area contributed by atoms with Gasteiger partial charge in [0, 0.05) is 6.54 Å². The van der Waals surface area contributed by atoms with Gasteiger partial charge in [0.1, 0.15) is 5.75 Å². The van der Waals surface area contributed by atoms with E-state index in [0.29, 0.717) is 25.3 Å². The number of carbonyl (C=O) groups is 1. The first-order valence-corrected chi connectivity index (χ1v) is 7.77. The van der Waals surface area contributed by atoms with Crippen molar-refractivity contribution in [3.8, 4) is 11.8 Å². The summed E-state index contributed by atoms with van der Waals surface area (Å²) in [5, 5.41) is 8.64. The van der Waals surface area contributed by atoms with E-state index in [1.165, 1.54) is 0 Å². The minimum absolute atomic E-state index is 0.0290. The number of hydrogen-bond donors (Lipinski definition) is 0. The van der Waals surface area contributed by atoms with Crippen molar-refractivity contribution < 1.29 is 14.3 Å². The summed E-state index contributed by atoms with van der Waals surface area (Å²) in [5.41, 5.74) is 0.947. The summed E-state index contributed by atoms with van der Waals surface area (Å²) in [6.45, 7) is 1.33. The molecular formula is C17H20N2O3. The molecule has 5 heteroatoms. The van der Waals surface area contributed by atoms with Gasteiger partial charge in [0.25, 0.3) is 5.91 Å². The number of benzene rings is 1. The van der Waals surface area contributed by atoms with Gasteiger partial charge in [0.15, 0.2) is 6.61 Å². The van der Waals surface area contributed by atoms with E-state index in [1.807, 2.05) is 17.0 Å². The zero-order chi connectivity index (χ0) is 15.4. The topological polar surface area (TPSA) is 62.6 Å². The second kappa shape index (κ2) is 6.80. The molecule has 1 saturated heterocycles. The predicted molar refractivity (Wildman–Crippen MR) is 80.3 cm³/mol. The lowest BCUT2D eigenvalue weighted by molar-refractivity contribution is -0.146. The highest BCUT2D eigenvalue weighted by atomic mass is 16.5. The fraction of sp³-hybridized carbons (Fsp3) is 0.529. The van der Waals surface area contributed by atoms with Gasteiger partial charge in [-0.2, -0.15) is 5.26 Å². The lowest BCUT2D eigenvalue weighted by Crippen LogP contribution is -2.52. The van der Waals surface area contributed by atoms with Crippen LogP contribution in [0.2, 0.25) is 0 Å². The summed E-state index contributed by atoms with van der Waals surface area (Å²) in [7, 11) is 0. The molecule has 0 spiro atoms. The van der Waals surface area contributed by atoms with E-state index >= 15 is 0 Å². The number of carbonyl (C=O) groups excluding carboxylic acids is 1. The standard InChI is InChI=1S/C17H20N2O3/c18-9-8-13-4-6-14(7-5-13)22-12-17(20)19-10-11-21-16-3-1-2-15(16)19/h4-7,15-16H,1-3,8,10-12H2/t15-,16+/m0/s1. The maximum atomic E-state index is 12.4. The Morgan fingerprint density at radius 2 is 2.18 bits per heavy atom. The maximum absolute atomic E-state index is 12.4. The van der Waals surface area contributed by atoms with E-state index in [9.17, 15) is 4.79 Å². The second-order valence-electron chi connectivity index (χ2n) is 5.76. The van der Waals surface area contributed by atoms with Crippen LogP contribution < -0.4 is 4.74 Å². The van der Waals surface area contributed by atoms with E-state index in [2.05, 4.69) is 6.07 Å². The Kier molecular flexibility index (Phi) is 4.59. The fourth-order valence-electron chi connectivity index (χ4n) is 3.26. The molecule has 1 heterocycles. The molecule has 1 aliphatic heterocycles. The van der Waals surface area contributed by atoms with Crippen LogP contribution in [0.5, 0.6) is 5.75 Å². The third-order valence-electron chi connectivity index (χ3n) is 4.37. The van der Waals surface area contributed by atoms with E-state index in [0.717, 1.165) is 24.8 Å². The number of fused-ring (bicyclic) bond motifs is 1. The van der Waals surface area contributed by atoms with Gasteiger partial charge in [-0.25, -0.2) is 0 Å². The van der Waals surface area contributed by atoms with Gasteiger partial charge in [0.2, 0.25) is 0 Å². The van der Waals surface area contributed by atoms with Crippen LogP contribution in [-0.2, 0) is 16.0 Å². The molecule has 1 aromatic rings. The van der Waals surface area contributed by atoms with Crippen LogP contribution in [0.25, 0.3) is 0 Å². The Morgan fingerprint density at radius 3 is 2.95 bits per heavy atom. The van der Waals surface area contributed by atoms with Crippen LogP contribution in [0, 0.1) is 11.3 Å². The minimum atomic E-state index is 0.0290. The molecule has 1 aliphatic carbocycles. The van der Waals surface area contributed by atoms with Crippen molar-refractivity contribution >= 4 is 5.91 Å². The number of nitriles is 1. The molecule has 3 rings (SSSR count). The molecule has 0 unspecified atom stereocenters. The van der Waals surface area contributed by atoms with Gasteiger partial charge in [-0.3, -0.25) is 4.79 Å². The quantitative estimate of drug-likeness (QED) is 0.852. The second-order valence-corrected chi connectivity index (χ2v) is 5.76. The molecule has 2 fully saturated rings. The van der Waals surface area contributed by atoms with E-state index in [4.69, 9.17) is 14.7 Å². The highest BCUT2D eigenvalue weighted by molar-refractivity contribution is 5.78. The van der Waals surface area contributed by atoms with Gasteiger partial charge in [-0.1, -0.05) is 12.1 Å². The predicted octanol–water partition coefficient (Wildman–Crippen LogP) is 1.91. The van der Waals surface area contributed by atoms with Crippen LogP contribution in [-0.4, -0.2) is 42.7 Å². The largest absolute Gasteiger partial charge is 0.484 e. The fourth-order valence-corrected chi connectivity index (χ4v) is 3.26. The Balaban J connectivity index is 1.54. The molecule has 1 aromatic carbocycles. The Bertz CT molecular complexity index is 564. The van der Waals surface area contributed by atoms with Crippen LogP contribution in [0.1, 0.15) is 24.8 Å². The summed E-state index contributed by atoms with van der Waals surface area (Å²) in [5.74, 6) is 0.688. The number of rotatable bonds is 4. The summed E-state index contributed by atoms with van der Waals surface area (Å²) < 4.78 is 11.3. The van der Waals surface area contributed by atoms with Crippen molar-refractivity contribution in [3.05, 3.63) is 29.8 Å². The maximum Gasteiger partial charge on any atom is 0.260 e. The number of amides is 1. The average Bonchev–Trinajstić information content (AvgIpc) is 3.02. The van der Waals surface area contributed by atoms with Crippen LogP contribution in [0.15, 0.2) is 24.3 Å². The van der Waals surface area contributed by atoms with Crippen molar-refractivity contribution in [2.75, 3.05) is 19.8 Å². The van der Waals surface area contributed by atoms with Gasteiger partial charge >= 0.3 is 0 Å². The Hall–Kier alpha value is -2.06. The zero-order valence-electron chi connectivity index (χ0n) is 12.5. The molecule has 1 saturated carbocycles. The lowest BCUT2D eigenvalue weighted by atomic mass is 10.1. The molecule has 1 amide bonds. The smallest absolute Gasteiger partial charge is 0.260 e. The zero-order valence-corrected chi connectivity index (χ0v) is 12.5. The summed E-state index contributed by atoms with van der Waals surface area (Å²) in [6.07, 6.45) is 3.80. The highest BCUT2D eigenvalue weighted by Gasteiger charge is 2.38. The number of morpholine rings is 1. The third kappa shape index (κ3) is 3.23. The summed E-state index contributed by atoms with van der Waals surface area (Å²) in [4.78, 5) is 14.3. The molecule has 22 heavy (non-hydrogen) atoms. The first-order chi connectivity index (χ1) is 10.8. The van der Waals surface area contributed by atoms with Gasteiger partial charge in [0.05, 0.1) is 31.2 Å². The summed E-state index contributed by atoms with van der Waals surface area (Å²) >= 11 is 0. The summed E-state index contributed by atoms with van der Waals surface area (Å²) in [6, 6.07) is 9.64. The number of nitrogens with zero attached hydrogens (tertiary/aromatic N) is 2. The third-order valence-corrected chi connectivity index (χ3v) is 4.37. The molecule has 0 aromatic heterocycles. The van der Waals surface area contributed by atoms with Gasteiger partial charge in [-0.15, -0.1) is 0 Å². The van der Waals surface area contributed by atoms with Crippen LogP contribution in [0.4, 0.5) is 0 Å². The average molecular weight is 300 g/mol. The van der Waals surface area contributed by atoms with E-state index < -0.39 is 0 Å². The molecule has 2 atom stereocenters. The monoisotopic (exact) mass is 300 g/mol. The SMILES string of the molecule is N#CCc1ccc(OCC(=O)N2CCO[C@@H]3CCC[C@@H]32)cc1. The van der Waals surface area contributed by atoms with Crippen molar-refractivity contribution in [2.45, 2.75) is 37.8 Å². The van der Waals surface area contributed by atoms with Gasteiger partial charge < -0.3 is 14.4 Å². The number of ether oxygens (including phenoxy) is 2. The normalized spacial score (nSPS) is 23.7. The van der Waals surface area contributed by atoms with E-state index in [-0.39, 0.29) is 24.7 Å². The first-order valence-electron chi connectivity index (χ1n) is 7.77.